The third-order valence-electron chi connectivity index (χ3n) is 2.57. The van der Waals surface area contributed by atoms with Crippen LogP contribution in [0.25, 0.3) is 0 Å². The molecule has 0 spiro atoms. The van der Waals surface area contributed by atoms with Crippen LogP contribution >= 0.6 is 11.8 Å². The van der Waals surface area contributed by atoms with E-state index in [2.05, 4.69) is 0 Å². The second-order valence-electron chi connectivity index (χ2n) is 4.04. The van der Waals surface area contributed by atoms with Gasteiger partial charge < -0.3 is 10.2 Å². The van der Waals surface area contributed by atoms with Gasteiger partial charge in [0.15, 0.2) is 11.4 Å². The van der Waals surface area contributed by atoms with Crippen molar-refractivity contribution in [2.45, 2.75) is 25.6 Å². The fraction of sp³-hybridized carbons (Fsp3) is 0.385. The summed E-state index contributed by atoms with van der Waals surface area (Å²) in [7, 11) is 0. The third-order valence-corrected chi connectivity index (χ3v) is 3.42. The molecule has 0 amide bonds. The molecule has 2 unspecified atom stereocenters. The van der Waals surface area contributed by atoms with E-state index in [1.54, 1.807) is 0 Å². The van der Waals surface area contributed by atoms with E-state index in [1.807, 2.05) is 0 Å². The zero-order valence-corrected chi connectivity index (χ0v) is 11.2. The Morgan fingerprint density at radius 2 is 2.16 bits per heavy atom. The molecule has 2 N–H and O–H groups in total. The summed E-state index contributed by atoms with van der Waals surface area (Å²) < 4.78 is 13.1. The van der Waals surface area contributed by atoms with E-state index >= 15 is 0 Å². The van der Waals surface area contributed by atoms with Crippen molar-refractivity contribution < 1.29 is 24.2 Å². The summed E-state index contributed by atoms with van der Waals surface area (Å²) in [5.74, 6) is -0.289. The topological polar surface area (TPSA) is 74.6 Å². The second kappa shape index (κ2) is 7.37. The lowest BCUT2D eigenvalue weighted by Crippen LogP contribution is -2.19. The van der Waals surface area contributed by atoms with Crippen molar-refractivity contribution in [1.29, 1.82) is 0 Å². The van der Waals surface area contributed by atoms with Gasteiger partial charge in [0.25, 0.3) is 0 Å². The van der Waals surface area contributed by atoms with Crippen molar-refractivity contribution in [3.8, 4) is 0 Å². The smallest absolute Gasteiger partial charge is 0.185 e. The van der Waals surface area contributed by atoms with Crippen molar-refractivity contribution in [2.75, 3.05) is 5.75 Å². The number of aliphatic hydroxyl groups is 2. The third kappa shape index (κ3) is 4.74. The van der Waals surface area contributed by atoms with Crippen LogP contribution < -0.4 is 0 Å². The molecule has 0 fully saturated rings. The van der Waals surface area contributed by atoms with Crippen LogP contribution in [0.4, 0.5) is 4.39 Å². The predicted octanol–water partition coefficient (Wildman–Crippen LogP) is 1.70. The highest BCUT2D eigenvalue weighted by molar-refractivity contribution is 8.13. The minimum absolute atomic E-state index is 0.0632. The van der Waals surface area contributed by atoms with E-state index in [4.69, 9.17) is 0 Å². The summed E-state index contributed by atoms with van der Waals surface area (Å²) >= 11 is 1.06. The molecule has 0 bridgehead atoms. The molecule has 0 aliphatic carbocycles. The van der Waals surface area contributed by atoms with Crippen LogP contribution in [0.2, 0.25) is 0 Å². The van der Waals surface area contributed by atoms with Gasteiger partial charge in [0.2, 0.25) is 0 Å². The largest absolute Gasteiger partial charge is 0.390 e. The van der Waals surface area contributed by atoms with Gasteiger partial charge in [-0.2, -0.15) is 0 Å². The SMILES string of the molecule is CC(=O)SCCC(O)C(O)c1ccc(F)c(C=O)c1. The quantitative estimate of drug-likeness (QED) is 0.779. The minimum Gasteiger partial charge on any atom is -0.390 e. The van der Waals surface area contributed by atoms with Gasteiger partial charge in [-0.25, -0.2) is 4.39 Å². The van der Waals surface area contributed by atoms with E-state index in [-0.39, 0.29) is 22.7 Å². The van der Waals surface area contributed by atoms with E-state index in [1.165, 1.54) is 19.1 Å². The van der Waals surface area contributed by atoms with Crippen LogP contribution in [0.3, 0.4) is 0 Å². The molecule has 104 valence electrons. The lowest BCUT2D eigenvalue weighted by molar-refractivity contribution is -0.109. The van der Waals surface area contributed by atoms with Gasteiger partial charge in [-0.3, -0.25) is 9.59 Å². The Bertz CT molecular complexity index is 464. The second-order valence-corrected chi connectivity index (χ2v) is 5.31. The molecule has 1 aromatic rings. The Morgan fingerprint density at radius 3 is 2.74 bits per heavy atom. The summed E-state index contributed by atoms with van der Waals surface area (Å²) in [6, 6.07) is 3.59. The minimum atomic E-state index is -1.22. The molecule has 0 aromatic heterocycles. The maximum Gasteiger partial charge on any atom is 0.185 e. The first-order chi connectivity index (χ1) is 8.95. The van der Waals surface area contributed by atoms with Crippen molar-refractivity contribution in [3.05, 3.63) is 35.1 Å². The summed E-state index contributed by atoms with van der Waals surface area (Å²) in [5, 5.41) is 19.6. The van der Waals surface area contributed by atoms with Crippen molar-refractivity contribution in [3.63, 3.8) is 0 Å². The highest BCUT2D eigenvalue weighted by Gasteiger charge is 2.19. The van der Waals surface area contributed by atoms with Crippen molar-refractivity contribution >= 4 is 23.2 Å². The van der Waals surface area contributed by atoms with Crippen molar-refractivity contribution in [2.24, 2.45) is 0 Å². The number of hydrogen-bond acceptors (Lipinski definition) is 5. The summed E-state index contributed by atoms with van der Waals surface area (Å²) in [6.45, 7) is 1.42. The summed E-state index contributed by atoms with van der Waals surface area (Å²) in [6.07, 6.45) is -1.72. The van der Waals surface area contributed by atoms with Crippen LogP contribution in [0, 0.1) is 5.82 Å². The lowest BCUT2D eigenvalue weighted by Gasteiger charge is -2.18. The Labute approximate surface area is 114 Å². The molecule has 0 saturated carbocycles. The molecule has 0 saturated heterocycles. The molecule has 0 radical (unpaired) electrons. The number of rotatable bonds is 6. The van der Waals surface area contributed by atoms with Gasteiger partial charge >= 0.3 is 0 Å². The average molecular weight is 286 g/mol. The predicted molar refractivity (Wildman–Crippen MR) is 70.5 cm³/mol. The van der Waals surface area contributed by atoms with E-state index in [0.29, 0.717) is 12.0 Å². The van der Waals surface area contributed by atoms with Gasteiger partial charge in [-0.05, 0) is 24.1 Å². The molecular weight excluding hydrogens is 271 g/mol. The number of benzene rings is 1. The molecule has 1 rings (SSSR count). The highest BCUT2D eigenvalue weighted by atomic mass is 32.2. The van der Waals surface area contributed by atoms with Crippen LogP contribution in [0.5, 0.6) is 0 Å². The number of aldehydes is 1. The number of aliphatic hydroxyl groups excluding tert-OH is 2. The fourth-order valence-electron chi connectivity index (χ4n) is 1.54. The molecule has 4 nitrogen and oxygen atoms in total. The summed E-state index contributed by atoms with van der Waals surface area (Å²) in [5.41, 5.74) is 0.102. The fourth-order valence-corrected chi connectivity index (χ4v) is 2.19. The Hall–Kier alpha value is -1.24. The van der Waals surface area contributed by atoms with Gasteiger partial charge in [0.05, 0.1) is 11.7 Å². The average Bonchev–Trinajstić information content (AvgIpc) is 2.38. The maximum atomic E-state index is 13.1. The van der Waals surface area contributed by atoms with Crippen molar-refractivity contribution in [1.82, 2.24) is 0 Å². The molecule has 0 heterocycles. The Kier molecular flexibility index (Phi) is 6.14. The number of carbonyl (C=O) groups is 2. The van der Waals surface area contributed by atoms with Crippen LogP contribution in [-0.2, 0) is 4.79 Å². The first kappa shape index (κ1) is 15.8. The van der Waals surface area contributed by atoms with E-state index in [0.717, 1.165) is 17.8 Å². The molecule has 19 heavy (non-hydrogen) atoms. The zero-order chi connectivity index (χ0) is 14.4. The Balaban J connectivity index is 2.68. The molecular formula is C13H15FO4S. The number of thioether (sulfide) groups is 1. The van der Waals surface area contributed by atoms with Gasteiger partial charge in [0, 0.05) is 12.7 Å². The standard InChI is InChI=1S/C13H15FO4S/c1-8(16)19-5-4-12(17)13(18)9-2-3-11(14)10(6-9)7-15/h2-3,6-7,12-13,17-18H,4-5H2,1H3. The number of carbonyl (C=O) groups excluding carboxylic acids is 2. The number of halogens is 1. The zero-order valence-electron chi connectivity index (χ0n) is 10.4. The van der Waals surface area contributed by atoms with Crippen LogP contribution in [0.15, 0.2) is 18.2 Å². The molecule has 0 aliphatic heterocycles. The molecule has 6 heteroatoms. The normalized spacial score (nSPS) is 13.9. The van der Waals surface area contributed by atoms with Crippen LogP contribution in [0.1, 0.15) is 35.4 Å². The molecule has 1 aromatic carbocycles. The molecule has 0 aliphatic rings. The van der Waals surface area contributed by atoms with Gasteiger partial charge in [0.1, 0.15) is 11.9 Å². The molecule has 2 atom stereocenters. The number of hydrogen-bond donors (Lipinski definition) is 2. The van der Waals surface area contributed by atoms with E-state index < -0.39 is 18.0 Å². The van der Waals surface area contributed by atoms with Gasteiger partial charge in [-0.15, -0.1) is 0 Å². The lowest BCUT2D eigenvalue weighted by atomic mass is 10.0. The first-order valence-corrected chi connectivity index (χ1v) is 6.68. The highest BCUT2D eigenvalue weighted by Crippen LogP contribution is 2.22. The van der Waals surface area contributed by atoms with Gasteiger partial charge in [-0.1, -0.05) is 17.8 Å². The first-order valence-electron chi connectivity index (χ1n) is 5.69. The monoisotopic (exact) mass is 286 g/mol. The Morgan fingerprint density at radius 1 is 1.47 bits per heavy atom. The van der Waals surface area contributed by atoms with E-state index in [9.17, 15) is 24.2 Å². The summed E-state index contributed by atoms with van der Waals surface area (Å²) in [4.78, 5) is 21.3. The van der Waals surface area contributed by atoms with Crippen LogP contribution in [-0.4, -0.2) is 33.5 Å². The maximum absolute atomic E-state index is 13.1.